The maximum Gasteiger partial charge on any atom is 0.269 e. The summed E-state index contributed by atoms with van der Waals surface area (Å²) in [5.74, 6) is 0. The highest BCUT2D eigenvalue weighted by atomic mass is 16.3. The number of nitrogens with zero attached hydrogens (tertiary/aromatic N) is 4. The van der Waals surface area contributed by atoms with E-state index in [0.29, 0.717) is 0 Å². The van der Waals surface area contributed by atoms with Gasteiger partial charge in [-0.3, -0.25) is 9.69 Å². The van der Waals surface area contributed by atoms with Gasteiger partial charge < -0.3 is 10.0 Å². The molecule has 156 valence electrons. The van der Waals surface area contributed by atoms with E-state index in [0.717, 1.165) is 70.5 Å². The minimum atomic E-state index is -0.217. The summed E-state index contributed by atoms with van der Waals surface area (Å²) in [4.78, 5) is 17.4. The Hall–Kier alpha value is -2.18. The largest absolute Gasteiger partial charge is 0.393 e. The zero-order valence-electron chi connectivity index (χ0n) is 17.3. The Morgan fingerprint density at radius 1 is 1.10 bits per heavy atom. The van der Waals surface area contributed by atoms with E-state index in [4.69, 9.17) is 0 Å². The predicted octanol–water partition coefficient (Wildman–Crippen LogP) is 2.60. The van der Waals surface area contributed by atoms with Gasteiger partial charge in [0, 0.05) is 32.2 Å². The molecular formula is C23H32N4O2. The van der Waals surface area contributed by atoms with E-state index in [2.05, 4.69) is 46.1 Å². The highest BCUT2D eigenvalue weighted by Crippen LogP contribution is 2.23. The van der Waals surface area contributed by atoms with Crippen molar-refractivity contribution in [2.45, 2.75) is 57.7 Å². The summed E-state index contributed by atoms with van der Waals surface area (Å²) in [6.45, 7) is 6.59. The molecule has 0 spiro atoms. The molecule has 0 radical (unpaired) electrons. The van der Waals surface area contributed by atoms with E-state index in [1.165, 1.54) is 11.1 Å². The number of anilines is 1. The van der Waals surface area contributed by atoms with Crippen molar-refractivity contribution < 1.29 is 5.11 Å². The van der Waals surface area contributed by atoms with E-state index in [9.17, 15) is 9.90 Å². The third kappa shape index (κ3) is 4.87. The van der Waals surface area contributed by atoms with Gasteiger partial charge in [0.15, 0.2) is 0 Å². The first-order valence-corrected chi connectivity index (χ1v) is 10.9. The SMILES string of the molecule is CCc1cccc(CN2CCC[C@H](n3ncc(N4CCC(O)CC4)cc3=O)C2)c1. The molecule has 1 N–H and O–H groups in total. The van der Waals surface area contributed by atoms with Gasteiger partial charge in [-0.2, -0.15) is 5.10 Å². The number of aliphatic hydroxyl groups is 1. The second-order valence-electron chi connectivity index (χ2n) is 8.42. The van der Waals surface area contributed by atoms with Crippen LogP contribution in [-0.4, -0.2) is 52.1 Å². The second kappa shape index (κ2) is 9.09. The van der Waals surface area contributed by atoms with Gasteiger partial charge in [-0.1, -0.05) is 31.2 Å². The lowest BCUT2D eigenvalue weighted by atomic mass is 10.0. The van der Waals surface area contributed by atoms with Crippen LogP contribution >= 0.6 is 0 Å². The lowest BCUT2D eigenvalue weighted by Gasteiger charge is -2.34. The number of aryl methyl sites for hydroxylation is 1. The second-order valence-corrected chi connectivity index (χ2v) is 8.42. The third-order valence-electron chi connectivity index (χ3n) is 6.27. The zero-order chi connectivity index (χ0) is 20.2. The molecule has 6 nitrogen and oxygen atoms in total. The van der Waals surface area contributed by atoms with Crippen molar-refractivity contribution in [3.63, 3.8) is 0 Å². The molecule has 0 bridgehead atoms. The molecule has 2 fully saturated rings. The normalized spacial score (nSPS) is 21.4. The Balaban J connectivity index is 1.43. The highest BCUT2D eigenvalue weighted by molar-refractivity contribution is 5.43. The van der Waals surface area contributed by atoms with Crippen LogP contribution < -0.4 is 10.5 Å². The standard InChI is InChI=1S/C23H32N4O2/c1-2-18-5-3-6-19(13-18)16-25-10-4-7-20(17-25)27-23(29)14-21(15-24-27)26-11-8-22(28)9-12-26/h3,5-6,13-15,20,22,28H,2,4,7-12,16-17H2,1H3/t20-/m0/s1. The van der Waals surface area contributed by atoms with Gasteiger partial charge in [-0.05, 0) is 49.8 Å². The molecule has 2 aliphatic heterocycles. The molecule has 1 atom stereocenters. The first-order chi connectivity index (χ1) is 14.1. The van der Waals surface area contributed by atoms with Crippen molar-refractivity contribution >= 4 is 5.69 Å². The molecular weight excluding hydrogens is 364 g/mol. The number of piperidine rings is 2. The molecule has 6 heteroatoms. The molecule has 0 aliphatic carbocycles. The van der Waals surface area contributed by atoms with Crippen LogP contribution in [0, 0.1) is 0 Å². The number of likely N-dealkylation sites (tertiary alicyclic amines) is 1. The molecule has 0 unspecified atom stereocenters. The number of benzene rings is 1. The summed E-state index contributed by atoms with van der Waals surface area (Å²) >= 11 is 0. The molecule has 0 saturated carbocycles. The fraction of sp³-hybridized carbons (Fsp3) is 0.565. The number of hydrogen-bond acceptors (Lipinski definition) is 5. The van der Waals surface area contributed by atoms with Gasteiger partial charge >= 0.3 is 0 Å². The fourth-order valence-corrected chi connectivity index (χ4v) is 4.56. The van der Waals surface area contributed by atoms with Gasteiger partial charge in [0.25, 0.3) is 5.56 Å². The Labute approximate surface area is 172 Å². The van der Waals surface area contributed by atoms with E-state index in [-0.39, 0.29) is 17.7 Å². The molecule has 4 rings (SSSR count). The average Bonchev–Trinajstić information content (AvgIpc) is 2.74. The van der Waals surface area contributed by atoms with Crippen LogP contribution in [0.25, 0.3) is 0 Å². The van der Waals surface area contributed by atoms with Crippen LogP contribution in [0.4, 0.5) is 5.69 Å². The van der Waals surface area contributed by atoms with Crippen LogP contribution in [0.3, 0.4) is 0 Å². The predicted molar refractivity (Wildman–Crippen MR) is 115 cm³/mol. The summed E-state index contributed by atoms with van der Waals surface area (Å²) in [5.41, 5.74) is 3.57. The molecule has 1 aromatic carbocycles. The first kappa shape index (κ1) is 20.1. The van der Waals surface area contributed by atoms with Gasteiger partial charge in [0.2, 0.25) is 0 Å². The first-order valence-electron chi connectivity index (χ1n) is 10.9. The minimum Gasteiger partial charge on any atom is -0.393 e. The molecule has 3 heterocycles. The molecule has 2 aromatic rings. The number of aromatic nitrogens is 2. The fourth-order valence-electron chi connectivity index (χ4n) is 4.56. The summed E-state index contributed by atoms with van der Waals surface area (Å²) < 4.78 is 1.68. The lowest BCUT2D eigenvalue weighted by Crippen LogP contribution is -2.41. The van der Waals surface area contributed by atoms with E-state index >= 15 is 0 Å². The van der Waals surface area contributed by atoms with Crippen LogP contribution in [0.2, 0.25) is 0 Å². The number of hydrogen-bond donors (Lipinski definition) is 1. The van der Waals surface area contributed by atoms with Gasteiger partial charge in [0.1, 0.15) is 0 Å². The Morgan fingerprint density at radius 3 is 2.66 bits per heavy atom. The Kier molecular flexibility index (Phi) is 6.31. The molecule has 0 amide bonds. The van der Waals surface area contributed by atoms with Crippen molar-refractivity contribution in [2.75, 3.05) is 31.1 Å². The molecule has 2 saturated heterocycles. The Bertz CT molecular complexity index is 873. The maximum absolute atomic E-state index is 12.8. The summed E-state index contributed by atoms with van der Waals surface area (Å²) in [5, 5.41) is 14.2. The monoisotopic (exact) mass is 396 g/mol. The van der Waals surface area contributed by atoms with Gasteiger partial charge in [-0.25, -0.2) is 4.68 Å². The summed E-state index contributed by atoms with van der Waals surface area (Å²) in [6.07, 6.45) is 6.23. The van der Waals surface area contributed by atoms with Crippen molar-refractivity contribution in [1.82, 2.24) is 14.7 Å². The summed E-state index contributed by atoms with van der Waals surface area (Å²) in [6, 6.07) is 10.6. The van der Waals surface area contributed by atoms with Crippen molar-refractivity contribution in [1.29, 1.82) is 0 Å². The minimum absolute atomic E-state index is 0.0200. The van der Waals surface area contributed by atoms with Crippen molar-refractivity contribution in [3.05, 3.63) is 58.0 Å². The maximum atomic E-state index is 12.8. The molecule has 2 aliphatic rings. The smallest absolute Gasteiger partial charge is 0.269 e. The molecule has 1 aromatic heterocycles. The third-order valence-corrected chi connectivity index (χ3v) is 6.27. The van der Waals surface area contributed by atoms with E-state index < -0.39 is 0 Å². The van der Waals surface area contributed by atoms with Crippen LogP contribution in [-0.2, 0) is 13.0 Å². The van der Waals surface area contributed by atoms with E-state index in [1.807, 2.05) is 6.20 Å². The highest BCUT2D eigenvalue weighted by Gasteiger charge is 2.24. The van der Waals surface area contributed by atoms with Crippen LogP contribution in [0.1, 0.15) is 49.8 Å². The number of rotatable bonds is 5. The van der Waals surface area contributed by atoms with Crippen molar-refractivity contribution in [2.24, 2.45) is 0 Å². The topological polar surface area (TPSA) is 61.6 Å². The summed E-state index contributed by atoms with van der Waals surface area (Å²) in [7, 11) is 0. The van der Waals surface area contributed by atoms with E-state index in [1.54, 1.807) is 10.7 Å². The van der Waals surface area contributed by atoms with Gasteiger partial charge in [-0.15, -0.1) is 0 Å². The van der Waals surface area contributed by atoms with Gasteiger partial charge in [0.05, 0.1) is 24.0 Å². The van der Waals surface area contributed by atoms with Crippen LogP contribution in [0.15, 0.2) is 41.3 Å². The Morgan fingerprint density at radius 2 is 1.90 bits per heavy atom. The lowest BCUT2D eigenvalue weighted by molar-refractivity contribution is 0.145. The van der Waals surface area contributed by atoms with Crippen LogP contribution in [0.5, 0.6) is 0 Å². The molecule has 29 heavy (non-hydrogen) atoms. The van der Waals surface area contributed by atoms with Crippen molar-refractivity contribution in [3.8, 4) is 0 Å². The zero-order valence-corrected chi connectivity index (χ0v) is 17.3. The average molecular weight is 397 g/mol. The quantitative estimate of drug-likeness (QED) is 0.842. The number of aliphatic hydroxyl groups excluding tert-OH is 1.